The van der Waals surface area contributed by atoms with Crippen molar-refractivity contribution < 1.29 is 0 Å². The van der Waals surface area contributed by atoms with E-state index in [1.807, 2.05) is 0 Å². The third kappa shape index (κ3) is 13.6. The lowest BCUT2D eigenvalue weighted by atomic mass is 10.1. The summed E-state index contributed by atoms with van der Waals surface area (Å²) in [5, 5.41) is 3.37. The largest absolute Gasteiger partial charge is 0.210 e. The van der Waals surface area contributed by atoms with Crippen molar-refractivity contribution in [3.05, 3.63) is 0 Å². The Hall–Kier alpha value is -0.400. The van der Waals surface area contributed by atoms with Crippen molar-refractivity contribution in [1.82, 2.24) is 0 Å². The number of hydrogen-bond donors (Lipinski definition) is 1. The Morgan fingerprint density at radius 1 is 0.625 bits per heavy atom. The monoisotopic (exact) mass is 226 g/mol. The van der Waals surface area contributed by atoms with Crippen LogP contribution in [0.2, 0.25) is 0 Å². The minimum absolute atomic E-state index is 0.734. The fourth-order valence-electron chi connectivity index (χ4n) is 2.03. The van der Waals surface area contributed by atoms with Gasteiger partial charge in [-0.25, -0.2) is 5.53 Å². The summed E-state index contributed by atoms with van der Waals surface area (Å²) in [4.78, 5) is 0. The summed E-state index contributed by atoms with van der Waals surface area (Å²) in [6.45, 7) is 3.01. The summed E-state index contributed by atoms with van der Waals surface area (Å²) in [5.41, 5.74) is 6.67. The van der Waals surface area contributed by atoms with Crippen LogP contribution in [0.5, 0.6) is 0 Å². The summed E-state index contributed by atoms with van der Waals surface area (Å²) >= 11 is 0. The van der Waals surface area contributed by atoms with Crippen molar-refractivity contribution >= 4 is 0 Å². The van der Waals surface area contributed by atoms with Crippen molar-refractivity contribution in [3.63, 3.8) is 0 Å². The Morgan fingerprint density at radius 2 is 1.00 bits per heavy atom. The molecule has 1 N–H and O–H groups in total. The van der Waals surface area contributed by atoms with E-state index in [1.165, 1.54) is 70.6 Å². The van der Waals surface area contributed by atoms with Gasteiger partial charge < -0.3 is 0 Å². The minimum atomic E-state index is 0.734. The van der Waals surface area contributed by atoms with Crippen LogP contribution >= 0.6 is 0 Å². The molecule has 0 aromatic heterocycles. The van der Waals surface area contributed by atoms with Gasteiger partial charge in [-0.3, -0.25) is 0 Å². The number of unbranched alkanes of at least 4 members (excludes halogenated alkanes) is 11. The molecule has 0 aliphatic rings. The van der Waals surface area contributed by atoms with Gasteiger partial charge in [0.25, 0.3) is 0 Å². The molecule has 0 aliphatic heterocycles. The molecule has 0 saturated carbocycles. The van der Waals surface area contributed by atoms with Gasteiger partial charge in [-0.15, -0.1) is 0 Å². The molecule has 0 rings (SSSR count). The molecule has 0 spiro atoms. The number of nitrogens with zero attached hydrogens (tertiary/aromatic N) is 1. The highest BCUT2D eigenvalue weighted by molar-refractivity contribution is 4.48. The zero-order valence-corrected chi connectivity index (χ0v) is 11.1. The van der Waals surface area contributed by atoms with Crippen LogP contribution in [0.15, 0.2) is 5.11 Å². The first-order chi connectivity index (χ1) is 7.91. The van der Waals surface area contributed by atoms with E-state index in [4.69, 9.17) is 5.53 Å². The number of rotatable bonds is 13. The van der Waals surface area contributed by atoms with E-state index in [-0.39, 0.29) is 0 Å². The van der Waals surface area contributed by atoms with E-state index in [1.54, 1.807) is 0 Å². The van der Waals surface area contributed by atoms with Gasteiger partial charge in [-0.2, -0.15) is 5.11 Å². The molecule has 2 nitrogen and oxygen atoms in total. The molecule has 16 heavy (non-hydrogen) atoms. The van der Waals surface area contributed by atoms with Gasteiger partial charge in [0.2, 0.25) is 0 Å². The summed E-state index contributed by atoms with van der Waals surface area (Å²) in [5.74, 6) is 0. The van der Waals surface area contributed by atoms with Gasteiger partial charge in [-0.05, 0) is 6.42 Å². The standard InChI is InChI=1S/C14H30N2/c1-2-3-4-5-6-7-8-9-10-11-12-13-14-16-15/h15H,2-14H2,1H3. The highest BCUT2D eigenvalue weighted by atomic mass is 14.9. The van der Waals surface area contributed by atoms with Crippen LogP contribution < -0.4 is 0 Å². The molecule has 0 heterocycles. The lowest BCUT2D eigenvalue weighted by Gasteiger charge is -2.01. The number of nitrogens with one attached hydrogen (secondary N) is 1. The maximum absolute atomic E-state index is 6.67. The molecule has 0 fully saturated rings. The Labute approximate surface area is 102 Å². The fourth-order valence-corrected chi connectivity index (χ4v) is 2.03. The molecule has 0 aromatic rings. The molecule has 0 radical (unpaired) electrons. The number of hydrogen-bond acceptors (Lipinski definition) is 2. The van der Waals surface area contributed by atoms with Crippen LogP contribution in [0, 0.1) is 5.53 Å². The van der Waals surface area contributed by atoms with Gasteiger partial charge in [0.05, 0.1) is 6.54 Å². The molecular formula is C14H30N2. The van der Waals surface area contributed by atoms with E-state index >= 15 is 0 Å². The van der Waals surface area contributed by atoms with Crippen LogP contribution in [-0.4, -0.2) is 6.54 Å². The predicted molar refractivity (Wildman–Crippen MR) is 71.1 cm³/mol. The average molecular weight is 226 g/mol. The Balaban J connectivity index is 2.85. The van der Waals surface area contributed by atoms with Crippen LogP contribution in [0.3, 0.4) is 0 Å². The van der Waals surface area contributed by atoms with Gasteiger partial charge in [0.1, 0.15) is 0 Å². The molecule has 96 valence electrons. The average Bonchev–Trinajstić information content (AvgIpc) is 2.31. The first kappa shape index (κ1) is 15.6. The topological polar surface area (TPSA) is 36.2 Å². The highest BCUT2D eigenvalue weighted by Crippen LogP contribution is 2.11. The first-order valence-corrected chi connectivity index (χ1v) is 7.25. The van der Waals surface area contributed by atoms with Gasteiger partial charge >= 0.3 is 0 Å². The first-order valence-electron chi connectivity index (χ1n) is 7.25. The minimum Gasteiger partial charge on any atom is -0.210 e. The highest BCUT2D eigenvalue weighted by Gasteiger charge is 1.92. The van der Waals surface area contributed by atoms with E-state index in [9.17, 15) is 0 Å². The molecular weight excluding hydrogens is 196 g/mol. The van der Waals surface area contributed by atoms with Crippen molar-refractivity contribution in [3.8, 4) is 0 Å². The fraction of sp³-hybridized carbons (Fsp3) is 1.00. The normalized spacial score (nSPS) is 10.6. The Kier molecular flexibility index (Phi) is 14.2. The summed E-state index contributed by atoms with van der Waals surface area (Å²) in [6.07, 6.45) is 16.5. The molecule has 0 saturated heterocycles. The Bertz CT molecular complexity index is 135. The maximum atomic E-state index is 6.67. The second-order valence-corrected chi connectivity index (χ2v) is 4.77. The lowest BCUT2D eigenvalue weighted by Crippen LogP contribution is -1.83. The molecule has 0 aliphatic carbocycles. The second-order valence-electron chi connectivity index (χ2n) is 4.77. The Morgan fingerprint density at radius 3 is 1.38 bits per heavy atom. The third-order valence-electron chi connectivity index (χ3n) is 3.12. The van der Waals surface area contributed by atoms with Gasteiger partial charge in [0.15, 0.2) is 0 Å². The van der Waals surface area contributed by atoms with Crippen molar-refractivity contribution in [2.45, 2.75) is 84.0 Å². The van der Waals surface area contributed by atoms with Crippen LogP contribution in [0.4, 0.5) is 0 Å². The molecule has 0 bridgehead atoms. The van der Waals surface area contributed by atoms with Crippen molar-refractivity contribution in [2.75, 3.05) is 6.54 Å². The van der Waals surface area contributed by atoms with E-state index < -0.39 is 0 Å². The second kappa shape index (κ2) is 14.6. The van der Waals surface area contributed by atoms with Crippen LogP contribution in [0.1, 0.15) is 84.0 Å². The predicted octanol–water partition coefficient (Wildman–Crippen LogP) is 5.72. The molecule has 0 unspecified atom stereocenters. The van der Waals surface area contributed by atoms with E-state index in [0.717, 1.165) is 13.0 Å². The lowest BCUT2D eigenvalue weighted by molar-refractivity contribution is 0.544. The van der Waals surface area contributed by atoms with Crippen LogP contribution in [0.25, 0.3) is 0 Å². The maximum Gasteiger partial charge on any atom is 0.0596 e. The van der Waals surface area contributed by atoms with Gasteiger partial charge in [-0.1, -0.05) is 77.6 Å². The van der Waals surface area contributed by atoms with E-state index in [0.29, 0.717) is 0 Å². The SMILES string of the molecule is CCCCCCCCCCCCCCN=N. The van der Waals surface area contributed by atoms with Gasteiger partial charge in [0, 0.05) is 0 Å². The smallest absolute Gasteiger partial charge is 0.0596 e. The summed E-state index contributed by atoms with van der Waals surface area (Å²) < 4.78 is 0. The zero-order chi connectivity index (χ0) is 11.9. The molecule has 0 amide bonds. The molecule has 0 aromatic carbocycles. The van der Waals surface area contributed by atoms with Crippen molar-refractivity contribution in [2.24, 2.45) is 5.11 Å². The summed E-state index contributed by atoms with van der Waals surface area (Å²) in [6, 6.07) is 0. The third-order valence-corrected chi connectivity index (χ3v) is 3.12. The molecule has 2 heteroatoms. The summed E-state index contributed by atoms with van der Waals surface area (Å²) in [7, 11) is 0. The quantitative estimate of drug-likeness (QED) is 0.308. The van der Waals surface area contributed by atoms with Crippen molar-refractivity contribution in [1.29, 1.82) is 5.53 Å². The van der Waals surface area contributed by atoms with E-state index in [2.05, 4.69) is 12.0 Å². The zero-order valence-electron chi connectivity index (χ0n) is 11.1. The molecule has 0 atom stereocenters. The van der Waals surface area contributed by atoms with Crippen LogP contribution in [-0.2, 0) is 0 Å².